The van der Waals surface area contributed by atoms with Crippen LogP contribution in [0.25, 0.3) is 11.1 Å². The molecule has 15 heavy (non-hydrogen) atoms. The zero-order chi connectivity index (χ0) is 10.8. The minimum Gasteiger partial charge on any atom is -0.398 e. The Labute approximate surface area is 102 Å². The van der Waals surface area contributed by atoms with Crippen molar-refractivity contribution in [3.8, 4) is 11.1 Å². The molecule has 0 aliphatic heterocycles. The van der Waals surface area contributed by atoms with Crippen molar-refractivity contribution in [3.63, 3.8) is 0 Å². The van der Waals surface area contributed by atoms with Gasteiger partial charge >= 0.3 is 0 Å². The van der Waals surface area contributed by atoms with Crippen molar-refractivity contribution >= 4 is 33.2 Å². The van der Waals surface area contributed by atoms with Gasteiger partial charge in [0.2, 0.25) is 0 Å². The van der Waals surface area contributed by atoms with Crippen LogP contribution in [-0.2, 0) is 0 Å². The second-order valence-corrected chi connectivity index (χ2v) is 4.48. The maximum atomic E-state index is 5.98. The lowest BCUT2D eigenvalue weighted by atomic mass is 10.1. The highest BCUT2D eigenvalue weighted by atomic mass is 79.9. The Morgan fingerprint density at radius 3 is 2.47 bits per heavy atom. The van der Waals surface area contributed by atoms with Gasteiger partial charge in [0.25, 0.3) is 0 Å². The Hall–Kier alpha value is -0.990. The Bertz CT molecular complexity index is 497. The molecule has 76 valence electrons. The first-order valence-electron chi connectivity index (χ1n) is 4.48. The van der Waals surface area contributed by atoms with E-state index in [2.05, 4.69) is 15.9 Å². The molecule has 0 amide bonds. The van der Waals surface area contributed by atoms with Crippen LogP contribution in [0, 0.1) is 0 Å². The average Bonchev–Trinajstić information content (AvgIpc) is 2.23. The van der Waals surface area contributed by atoms with Crippen LogP contribution in [0.4, 0.5) is 5.69 Å². The fourth-order valence-corrected chi connectivity index (χ4v) is 2.08. The van der Waals surface area contributed by atoms with Crippen LogP contribution in [0.5, 0.6) is 0 Å². The molecule has 2 N–H and O–H groups in total. The quantitative estimate of drug-likeness (QED) is 0.773. The maximum absolute atomic E-state index is 5.98. The Morgan fingerprint density at radius 2 is 1.80 bits per heavy atom. The second kappa shape index (κ2) is 4.25. The zero-order valence-corrected chi connectivity index (χ0v) is 10.2. The zero-order valence-electron chi connectivity index (χ0n) is 7.87. The molecule has 0 spiro atoms. The summed E-state index contributed by atoms with van der Waals surface area (Å²) in [6.07, 6.45) is 0. The summed E-state index contributed by atoms with van der Waals surface area (Å²) in [6, 6.07) is 13.7. The molecule has 0 atom stereocenters. The topological polar surface area (TPSA) is 26.0 Å². The van der Waals surface area contributed by atoms with Crippen molar-refractivity contribution in [1.82, 2.24) is 0 Å². The van der Waals surface area contributed by atoms with Crippen LogP contribution in [0.1, 0.15) is 0 Å². The third-order valence-corrected chi connectivity index (χ3v) is 3.20. The van der Waals surface area contributed by atoms with E-state index >= 15 is 0 Å². The molecule has 3 heteroatoms. The SMILES string of the molecule is Nc1ccc(-c2ccccc2Br)cc1Cl. The second-order valence-electron chi connectivity index (χ2n) is 3.22. The van der Waals surface area contributed by atoms with E-state index in [1.165, 1.54) is 0 Å². The third kappa shape index (κ3) is 2.16. The van der Waals surface area contributed by atoms with E-state index in [9.17, 15) is 0 Å². The molecular formula is C12H9BrClN. The van der Waals surface area contributed by atoms with E-state index in [-0.39, 0.29) is 0 Å². The first-order chi connectivity index (χ1) is 7.18. The summed E-state index contributed by atoms with van der Waals surface area (Å²) in [5.41, 5.74) is 8.43. The largest absolute Gasteiger partial charge is 0.398 e. The van der Waals surface area contributed by atoms with Crippen molar-refractivity contribution in [2.75, 3.05) is 5.73 Å². The van der Waals surface area contributed by atoms with Gasteiger partial charge in [0, 0.05) is 4.47 Å². The molecule has 0 saturated heterocycles. The molecule has 2 aromatic rings. The highest BCUT2D eigenvalue weighted by Crippen LogP contribution is 2.31. The molecule has 0 aromatic heterocycles. The van der Waals surface area contributed by atoms with Gasteiger partial charge in [-0.2, -0.15) is 0 Å². The molecule has 0 saturated carbocycles. The number of nitrogens with two attached hydrogens (primary N) is 1. The van der Waals surface area contributed by atoms with E-state index in [0.29, 0.717) is 10.7 Å². The summed E-state index contributed by atoms with van der Waals surface area (Å²) >= 11 is 9.48. The average molecular weight is 283 g/mol. The van der Waals surface area contributed by atoms with Crippen LogP contribution in [0.2, 0.25) is 5.02 Å². The predicted octanol–water partition coefficient (Wildman–Crippen LogP) is 4.35. The number of halogens is 2. The number of benzene rings is 2. The smallest absolute Gasteiger partial charge is 0.0641 e. The molecule has 0 heterocycles. The van der Waals surface area contributed by atoms with Crippen molar-refractivity contribution in [2.45, 2.75) is 0 Å². The van der Waals surface area contributed by atoms with E-state index < -0.39 is 0 Å². The lowest BCUT2D eigenvalue weighted by Crippen LogP contribution is -1.87. The number of nitrogen functional groups attached to an aromatic ring is 1. The fourth-order valence-electron chi connectivity index (χ4n) is 1.39. The third-order valence-electron chi connectivity index (χ3n) is 2.19. The molecule has 0 aliphatic carbocycles. The van der Waals surface area contributed by atoms with Gasteiger partial charge in [0.1, 0.15) is 0 Å². The monoisotopic (exact) mass is 281 g/mol. The minimum atomic E-state index is 0.586. The summed E-state index contributed by atoms with van der Waals surface area (Å²) in [5.74, 6) is 0. The number of rotatable bonds is 1. The number of hydrogen-bond donors (Lipinski definition) is 1. The number of anilines is 1. The van der Waals surface area contributed by atoms with E-state index in [0.717, 1.165) is 15.6 Å². The van der Waals surface area contributed by atoms with Gasteiger partial charge in [-0.3, -0.25) is 0 Å². The van der Waals surface area contributed by atoms with Gasteiger partial charge in [-0.15, -0.1) is 0 Å². The van der Waals surface area contributed by atoms with Crippen molar-refractivity contribution < 1.29 is 0 Å². The molecule has 0 radical (unpaired) electrons. The lowest BCUT2D eigenvalue weighted by Gasteiger charge is -2.06. The van der Waals surface area contributed by atoms with Gasteiger partial charge in [0.05, 0.1) is 10.7 Å². The standard InChI is InChI=1S/C12H9BrClN/c13-10-4-2-1-3-9(10)8-5-6-12(15)11(14)7-8/h1-7H,15H2. The van der Waals surface area contributed by atoms with Gasteiger partial charge < -0.3 is 5.73 Å². The fraction of sp³-hybridized carbons (Fsp3) is 0. The molecule has 0 unspecified atom stereocenters. The Morgan fingerprint density at radius 1 is 1.07 bits per heavy atom. The van der Waals surface area contributed by atoms with E-state index in [1.54, 1.807) is 0 Å². The Balaban J connectivity index is 2.55. The van der Waals surface area contributed by atoms with Crippen LogP contribution in [-0.4, -0.2) is 0 Å². The van der Waals surface area contributed by atoms with Gasteiger partial charge in [0.15, 0.2) is 0 Å². The molecule has 2 aromatic carbocycles. The van der Waals surface area contributed by atoms with Crippen LogP contribution in [0.15, 0.2) is 46.9 Å². The summed E-state index contributed by atoms with van der Waals surface area (Å²) in [4.78, 5) is 0. The molecular weight excluding hydrogens is 273 g/mol. The van der Waals surface area contributed by atoms with Gasteiger partial charge in [-0.1, -0.05) is 51.8 Å². The first kappa shape index (κ1) is 10.5. The van der Waals surface area contributed by atoms with Crippen molar-refractivity contribution in [2.24, 2.45) is 0 Å². The molecule has 0 fully saturated rings. The maximum Gasteiger partial charge on any atom is 0.0641 e. The summed E-state index contributed by atoms with van der Waals surface area (Å²) in [6.45, 7) is 0. The minimum absolute atomic E-state index is 0.586. The highest BCUT2D eigenvalue weighted by Gasteiger charge is 2.03. The van der Waals surface area contributed by atoms with Crippen molar-refractivity contribution in [1.29, 1.82) is 0 Å². The summed E-state index contributed by atoms with van der Waals surface area (Å²) in [7, 11) is 0. The van der Waals surface area contributed by atoms with E-state index in [4.69, 9.17) is 17.3 Å². The highest BCUT2D eigenvalue weighted by molar-refractivity contribution is 9.10. The summed E-state index contributed by atoms with van der Waals surface area (Å²) < 4.78 is 1.05. The molecule has 0 bridgehead atoms. The Kier molecular flexibility index (Phi) is 2.98. The normalized spacial score (nSPS) is 10.3. The van der Waals surface area contributed by atoms with Crippen LogP contribution < -0.4 is 5.73 Å². The van der Waals surface area contributed by atoms with Crippen molar-refractivity contribution in [3.05, 3.63) is 52.0 Å². The van der Waals surface area contributed by atoms with Gasteiger partial charge in [-0.05, 0) is 29.3 Å². The summed E-state index contributed by atoms with van der Waals surface area (Å²) in [5, 5.41) is 0.586. The molecule has 1 nitrogen and oxygen atoms in total. The van der Waals surface area contributed by atoms with Gasteiger partial charge in [-0.25, -0.2) is 0 Å². The first-order valence-corrected chi connectivity index (χ1v) is 5.65. The van der Waals surface area contributed by atoms with E-state index in [1.807, 2.05) is 42.5 Å². The van der Waals surface area contributed by atoms with Crippen LogP contribution >= 0.6 is 27.5 Å². The molecule has 0 aliphatic rings. The molecule has 2 rings (SSSR count). The van der Waals surface area contributed by atoms with Crippen LogP contribution in [0.3, 0.4) is 0 Å². The lowest BCUT2D eigenvalue weighted by molar-refractivity contribution is 1.58. The number of hydrogen-bond acceptors (Lipinski definition) is 1. The predicted molar refractivity (Wildman–Crippen MR) is 69.0 cm³/mol.